The van der Waals surface area contributed by atoms with Gasteiger partial charge in [0.1, 0.15) is 0 Å². The molecule has 1 aromatic carbocycles. The minimum Gasteiger partial charge on any atom is -0.452 e. The number of hydrogen-bond donors (Lipinski definition) is 0. The molecule has 4 heteroatoms. The molecule has 2 rings (SSSR count). The number of esters is 1. The van der Waals surface area contributed by atoms with Crippen molar-refractivity contribution in [1.82, 2.24) is 4.90 Å². The molecule has 1 saturated heterocycles. The Kier molecular flexibility index (Phi) is 4.55. The molecule has 0 unspecified atom stereocenters. The molecule has 102 valence electrons. The van der Waals surface area contributed by atoms with Crippen LogP contribution >= 0.6 is 0 Å². The van der Waals surface area contributed by atoms with Gasteiger partial charge in [-0.1, -0.05) is 17.7 Å². The molecule has 4 nitrogen and oxygen atoms in total. The first-order valence-corrected chi connectivity index (χ1v) is 6.68. The monoisotopic (exact) mass is 261 g/mol. The number of piperidine rings is 1. The van der Waals surface area contributed by atoms with Gasteiger partial charge in [0.2, 0.25) is 0 Å². The third-order valence-corrected chi connectivity index (χ3v) is 3.32. The van der Waals surface area contributed by atoms with E-state index in [-0.39, 0.29) is 12.5 Å². The summed E-state index contributed by atoms with van der Waals surface area (Å²) >= 11 is 0. The molecule has 0 aromatic heterocycles. The maximum absolute atomic E-state index is 11.8. The highest BCUT2D eigenvalue weighted by Gasteiger charge is 2.18. The highest BCUT2D eigenvalue weighted by Crippen LogP contribution is 2.09. The minimum atomic E-state index is -0.439. The lowest BCUT2D eigenvalue weighted by atomic mass is 10.1. The van der Waals surface area contributed by atoms with Crippen molar-refractivity contribution in [1.29, 1.82) is 0 Å². The van der Waals surface area contributed by atoms with Gasteiger partial charge in [-0.05, 0) is 38.3 Å². The van der Waals surface area contributed by atoms with Crippen LogP contribution in [0.2, 0.25) is 0 Å². The summed E-state index contributed by atoms with van der Waals surface area (Å²) in [6, 6.07) is 7.12. The van der Waals surface area contributed by atoms with Crippen LogP contribution in [-0.4, -0.2) is 36.5 Å². The number of carbonyl (C=O) groups excluding carboxylic acids is 2. The zero-order chi connectivity index (χ0) is 13.7. The van der Waals surface area contributed by atoms with Crippen molar-refractivity contribution in [3.05, 3.63) is 35.4 Å². The summed E-state index contributed by atoms with van der Waals surface area (Å²) < 4.78 is 5.05. The number of hydrogen-bond acceptors (Lipinski definition) is 3. The van der Waals surface area contributed by atoms with Crippen LogP contribution in [0.25, 0.3) is 0 Å². The van der Waals surface area contributed by atoms with Crippen molar-refractivity contribution in [3.63, 3.8) is 0 Å². The van der Waals surface area contributed by atoms with E-state index in [0.29, 0.717) is 5.56 Å². The third-order valence-electron chi connectivity index (χ3n) is 3.32. The number of amides is 1. The first-order valence-electron chi connectivity index (χ1n) is 6.68. The maximum atomic E-state index is 11.8. The van der Waals surface area contributed by atoms with Crippen LogP contribution in [-0.2, 0) is 9.53 Å². The van der Waals surface area contributed by atoms with Crippen LogP contribution in [0.1, 0.15) is 35.2 Å². The number of aryl methyl sites for hydroxylation is 1. The molecule has 0 spiro atoms. The third kappa shape index (κ3) is 3.81. The second kappa shape index (κ2) is 6.36. The zero-order valence-electron chi connectivity index (χ0n) is 11.2. The lowest BCUT2D eigenvalue weighted by molar-refractivity contribution is -0.135. The van der Waals surface area contributed by atoms with Gasteiger partial charge in [-0.2, -0.15) is 0 Å². The van der Waals surface area contributed by atoms with Crippen molar-refractivity contribution < 1.29 is 14.3 Å². The fourth-order valence-electron chi connectivity index (χ4n) is 2.13. The van der Waals surface area contributed by atoms with E-state index in [1.54, 1.807) is 17.0 Å². The summed E-state index contributed by atoms with van der Waals surface area (Å²) in [5.74, 6) is -0.537. The topological polar surface area (TPSA) is 46.6 Å². The van der Waals surface area contributed by atoms with Gasteiger partial charge in [-0.3, -0.25) is 4.79 Å². The summed E-state index contributed by atoms with van der Waals surface area (Å²) in [4.78, 5) is 25.4. The van der Waals surface area contributed by atoms with E-state index in [4.69, 9.17) is 4.74 Å². The predicted molar refractivity (Wildman–Crippen MR) is 71.9 cm³/mol. The quantitative estimate of drug-likeness (QED) is 0.783. The van der Waals surface area contributed by atoms with Gasteiger partial charge in [-0.15, -0.1) is 0 Å². The Balaban J connectivity index is 1.82. The number of ether oxygens (including phenoxy) is 1. The molecule has 1 aliphatic rings. The molecule has 1 aliphatic heterocycles. The average Bonchev–Trinajstić information content (AvgIpc) is 2.46. The minimum absolute atomic E-state index is 0.0971. The van der Waals surface area contributed by atoms with Crippen molar-refractivity contribution in [2.75, 3.05) is 19.7 Å². The summed E-state index contributed by atoms with van der Waals surface area (Å²) in [5, 5.41) is 0. The lowest BCUT2D eigenvalue weighted by Gasteiger charge is -2.26. The lowest BCUT2D eigenvalue weighted by Crippen LogP contribution is -2.38. The summed E-state index contributed by atoms with van der Waals surface area (Å²) in [6.07, 6.45) is 3.25. The van der Waals surface area contributed by atoms with Crippen LogP contribution in [0, 0.1) is 6.92 Å². The van der Waals surface area contributed by atoms with Gasteiger partial charge >= 0.3 is 5.97 Å². The Morgan fingerprint density at radius 2 is 1.74 bits per heavy atom. The van der Waals surface area contributed by atoms with Gasteiger partial charge in [0, 0.05) is 13.1 Å². The van der Waals surface area contributed by atoms with E-state index < -0.39 is 5.97 Å². The Bertz CT molecular complexity index is 447. The molecular weight excluding hydrogens is 242 g/mol. The van der Waals surface area contributed by atoms with Crippen LogP contribution in [0.3, 0.4) is 0 Å². The predicted octanol–water partition coefficient (Wildman–Crippen LogP) is 2.16. The molecule has 0 N–H and O–H groups in total. The molecule has 1 amide bonds. The SMILES string of the molecule is Cc1ccc(C(=O)OCC(=O)N2CCCCC2)cc1. The number of likely N-dealkylation sites (tertiary alicyclic amines) is 1. The van der Waals surface area contributed by atoms with E-state index in [9.17, 15) is 9.59 Å². The largest absolute Gasteiger partial charge is 0.452 e. The van der Waals surface area contributed by atoms with Gasteiger partial charge in [0.15, 0.2) is 6.61 Å². The highest BCUT2D eigenvalue weighted by atomic mass is 16.5. The van der Waals surface area contributed by atoms with Crippen LogP contribution in [0.5, 0.6) is 0 Å². The van der Waals surface area contributed by atoms with E-state index in [1.165, 1.54) is 6.42 Å². The van der Waals surface area contributed by atoms with Gasteiger partial charge in [0.05, 0.1) is 5.56 Å². The Labute approximate surface area is 113 Å². The van der Waals surface area contributed by atoms with Crippen LogP contribution in [0.4, 0.5) is 0 Å². The number of benzene rings is 1. The molecule has 0 radical (unpaired) electrons. The molecule has 1 heterocycles. The standard InChI is InChI=1S/C15H19NO3/c1-12-5-7-13(8-6-12)15(18)19-11-14(17)16-9-3-2-4-10-16/h5-8H,2-4,9-11H2,1H3. The Morgan fingerprint density at radius 1 is 1.11 bits per heavy atom. The van der Waals surface area contributed by atoms with Gasteiger partial charge < -0.3 is 9.64 Å². The summed E-state index contributed by atoms with van der Waals surface area (Å²) in [5.41, 5.74) is 1.57. The Hall–Kier alpha value is -1.84. The fraction of sp³-hybridized carbons (Fsp3) is 0.467. The van der Waals surface area contributed by atoms with Crippen molar-refractivity contribution >= 4 is 11.9 Å². The summed E-state index contributed by atoms with van der Waals surface area (Å²) in [7, 11) is 0. The molecular formula is C15H19NO3. The second-order valence-electron chi connectivity index (χ2n) is 4.88. The molecule has 1 fully saturated rings. The molecule has 0 saturated carbocycles. The Morgan fingerprint density at radius 3 is 2.37 bits per heavy atom. The highest BCUT2D eigenvalue weighted by molar-refractivity contribution is 5.91. The van der Waals surface area contributed by atoms with Crippen molar-refractivity contribution in [3.8, 4) is 0 Å². The second-order valence-corrected chi connectivity index (χ2v) is 4.88. The maximum Gasteiger partial charge on any atom is 0.338 e. The van der Waals surface area contributed by atoms with E-state index >= 15 is 0 Å². The molecule has 19 heavy (non-hydrogen) atoms. The van der Waals surface area contributed by atoms with Crippen LogP contribution < -0.4 is 0 Å². The van der Waals surface area contributed by atoms with E-state index in [1.807, 2.05) is 19.1 Å². The number of rotatable bonds is 3. The molecule has 0 atom stereocenters. The van der Waals surface area contributed by atoms with E-state index in [0.717, 1.165) is 31.5 Å². The first-order chi connectivity index (χ1) is 9.16. The van der Waals surface area contributed by atoms with E-state index in [2.05, 4.69) is 0 Å². The number of carbonyl (C=O) groups is 2. The van der Waals surface area contributed by atoms with Crippen molar-refractivity contribution in [2.24, 2.45) is 0 Å². The number of nitrogens with zero attached hydrogens (tertiary/aromatic N) is 1. The average molecular weight is 261 g/mol. The fourth-order valence-corrected chi connectivity index (χ4v) is 2.13. The van der Waals surface area contributed by atoms with Crippen LogP contribution in [0.15, 0.2) is 24.3 Å². The molecule has 1 aromatic rings. The normalized spacial score (nSPS) is 15.1. The van der Waals surface area contributed by atoms with Gasteiger partial charge in [0.25, 0.3) is 5.91 Å². The first kappa shape index (κ1) is 13.6. The van der Waals surface area contributed by atoms with Gasteiger partial charge in [-0.25, -0.2) is 4.79 Å². The molecule has 0 bridgehead atoms. The van der Waals surface area contributed by atoms with Crippen molar-refractivity contribution in [2.45, 2.75) is 26.2 Å². The molecule has 0 aliphatic carbocycles. The zero-order valence-corrected chi connectivity index (χ0v) is 11.2. The smallest absolute Gasteiger partial charge is 0.338 e. The summed E-state index contributed by atoms with van der Waals surface area (Å²) in [6.45, 7) is 3.35.